The lowest BCUT2D eigenvalue weighted by molar-refractivity contribution is -0.384. The van der Waals surface area contributed by atoms with Crippen molar-refractivity contribution in [3.05, 3.63) is 57.8 Å². The van der Waals surface area contributed by atoms with E-state index in [0.29, 0.717) is 12.4 Å². The molecule has 1 unspecified atom stereocenters. The largest absolute Gasteiger partial charge is 0.444 e. The van der Waals surface area contributed by atoms with Crippen molar-refractivity contribution in [1.29, 1.82) is 0 Å². The third kappa shape index (κ3) is 3.38. The van der Waals surface area contributed by atoms with Gasteiger partial charge in [0.25, 0.3) is 5.69 Å². The Kier molecular flexibility index (Phi) is 3.91. The number of hydrogen-bond acceptors (Lipinski definition) is 5. The number of nitro benzene ring substituents is 1. The molecular formula is C13H15N3O3. The van der Waals surface area contributed by atoms with Gasteiger partial charge in [-0.3, -0.25) is 10.1 Å². The molecule has 19 heavy (non-hydrogen) atoms. The molecule has 2 aromatic rings. The van der Waals surface area contributed by atoms with E-state index >= 15 is 0 Å². The highest BCUT2D eigenvalue weighted by atomic mass is 16.6. The van der Waals surface area contributed by atoms with Gasteiger partial charge in [0.15, 0.2) is 0 Å². The van der Waals surface area contributed by atoms with E-state index in [1.807, 2.05) is 13.8 Å². The van der Waals surface area contributed by atoms with Gasteiger partial charge in [0.1, 0.15) is 5.76 Å². The second-order valence-electron chi connectivity index (χ2n) is 4.34. The number of non-ortho nitro benzene ring substituents is 1. The minimum absolute atomic E-state index is 0.0103. The topological polar surface area (TPSA) is 81.2 Å². The standard InChI is InChI=1S/C13H15N3O3/c1-9-7-15-13(19-9)10(2)14-8-11-3-5-12(6-4-11)16(17)18/h3-7,10,14H,8H2,1-2H3. The highest BCUT2D eigenvalue weighted by Crippen LogP contribution is 2.15. The fraction of sp³-hybridized carbons (Fsp3) is 0.308. The lowest BCUT2D eigenvalue weighted by atomic mass is 10.2. The molecule has 100 valence electrons. The van der Waals surface area contributed by atoms with E-state index in [2.05, 4.69) is 10.3 Å². The van der Waals surface area contributed by atoms with Crippen molar-refractivity contribution in [1.82, 2.24) is 10.3 Å². The van der Waals surface area contributed by atoms with E-state index in [1.54, 1.807) is 18.3 Å². The number of aryl methyl sites for hydroxylation is 1. The average Bonchev–Trinajstić information content (AvgIpc) is 2.83. The predicted molar refractivity (Wildman–Crippen MR) is 69.6 cm³/mol. The molecule has 6 heteroatoms. The number of nitro groups is 1. The first kappa shape index (κ1) is 13.2. The molecule has 0 aliphatic carbocycles. The van der Waals surface area contributed by atoms with E-state index < -0.39 is 4.92 Å². The number of benzene rings is 1. The third-order valence-corrected chi connectivity index (χ3v) is 2.77. The Morgan fingerprint density at radius 2 is 2.11 bits per heavy atom. The van der Waals surface area contributed by atoms with E-state index in [0.717, 1.165) is 11.3 Å². The Balaban J connectivity index is 1.93. The summed E-state index contributed by atoms with van der Waals surface area (Å²) in [6.07, 6.45) is 1.68. The van der Waals surface area contributed by atoms with Crippen LogP contribution in [0.4, 0.5) is 5.69 Å². The van der Waals surface area contributed by atoms with Crippen molar-refractivity contribution in [2.45, 2.75) is 26.4 Å². The van der Waals surface area contributed by atoms with Crippen molar-refractivity contribution in [3.63, 3.8) is 0 Å². The van der Waals surface area contributed by atoms with Crippen LogP contribution in [0.15, 0.2) is 34.9 Å². The van der Waals surface area contributed by atoms with Gasteiger partial charge in [-0.15, -0.1) is 0 Å². The first-order valence-electron chi connectivity index (χ1n) is 5.95. The van der Waals surface area contributed by atoms with Crippen molar-refractivity contribution < 1.29 is 9.34 Å². The summed E-state index contributed by atoms with van der Waals surface area (Å²) < 4.78 is 5.42. The summed E-state index contributed by atoms with van der Waals surface area (Å²) in [6.45, 7) is 4.40. The summed E-state index contributed by atoms with van der Waals surface area (Å²) in [5, 5.41) is 13.8. The predicted octanol–water partition coefficient (Wildman–Crippen LogP) is 2.74. The molecular weight excluding hydrogens is 246 g/mol. The summed E-state index contributed by atoms with van der Waals surface area (Å²) in [5.74, 6) is 1.42. The van der Waals surface area contributed by atoms with Gasteiger partial charge < -0.3 is 9.73 Å². The third-order valence-electron chi connectivity index (χ3n) is 2.77. The van der Waals surface area contributed by atoms with Gasteiger partial charge in [0.05, 0.1) is 17.2 Å². The molecule has 0 aliphatic rings. The minimum Gasteiger partial charge on any atom is -0.444 e. The molecule has 1 aromatic carbocycles. The van der Waals surface area contributed by atoms with Gasteiger partial charge in [-0.1, -0.05) is 12.1 Å². The highest BCUT2D eigenvalue weighted by Gasteiger charge is 2.11. The van der Waals surface area contributed by atoms with Gasteiger partial charge in [0.2, 0.25) is 5.89 Å². The van der Waals surface area contributed by atoms with Crippen molar-refractivity contribution >= 4 is 5.69 Å². The van der Waals surface area contributed by atoms with Crippen LogP contribution >= 0.6 is 0 Å². The van der Waals surface area contributed by atoms with Crippen LogP contribution in [0.2, 0.25) is 0 Å². The van der Waals surface area contributed by atoms with Crippen molar-refractivity contribution in [2.75, 3.05) is 0 Å². The summed E-state index contributed by atoms with van der Waals surface area (Å²) in [4.78, 5) is 14.3. The lowest BCUT2D eigenvalue weighted by Crippen LogP contribution is -2.18. The van der Waals surface area contributed by atoms with Crippen LogP contribution < -0.4 is 5.32 Å². The SMILES string of the molecule is Cc1cnc(C(C)NCc2ccc([N+](=O)[O-])cc2)o1. The smallest absolute Gasteiger partial charge is 0.269 e. The molecule has 0 saturated carbocycles. The first-order chi connectivity index (χ1) is 9.06. The molecule has 0 spiro atoms. The van der Waals surface area contributed by atoms with Crippen LogP contribution in [-0.4, -0.2) is 9.91 Å². The van der Waals surface area contributed by atoms with Crippen LogP contribution in [0.5, 0.6) is 0 Å². The van der Waals surface area contributed by atoms with E-state index in [9.17, 15) is 10.1 Å². The number of nitrogens with one attached hydrogen (secondary N) is 1. The number of aromatic nitrogens is 1. The zero-order valence-corrected chi connectivity index (χ0v) is 10.8. The Hall–Kier alpha value is -2.21. The van der Waals surface area contributed by atoms with E-state index in [4.69, 9.17) is 4.42 Å². The van der Waals surface area contributed by atoms with Crippen LogP contribution in [0, 0.1) is 17.0 Å². The van der Waals surface area contributed by atoms with Gasteiger partial charge in [0, 0.05) is 18.7 Å². The maximum absolute atomic E-state index is 10.5. The lowest BCUT2D eigenvalue weighted by Gasteiger charge is -2.10. The van der Waals surface area contributed by atoms with Crippen molar-refractivity contribution in [3.8, 4) is 0 Å². The van der Waals surface area contributed by atoms with Crippen molar-refractivity contribution in [2.24, 2.45) is 0 Å². The molecule has 2 rings (SSSR count). The Morgan fingerprint density at radius 3 is 2.63 bits per heavy atom. The zero-order chi connectivity index (χ0) is 13.8. The average molecular weight is 261 g/mol. The Bertz CT molecular complexity index is 563. The summed E-state index contributed by atoms with van der Waals surface area (Å²) in [5.41, 5.74) is 1.07. The number of oxazole rings is 1. The van der Waals surface area contributed by atoms with Gasteiger partial charge >= 0.3 is 0 Å². The van der Waals surface area contributed by atoms with Crippen LogP contribution in [-0.2, 0) is 6.54 Å². The molecule has 1 aromatic heterocycles. The van der Waals surface area contributed by atoms with E-state index in [-0.39, 0.29) is 11.7 Å². The summed E-state index contributed by atoms with van der Waals surface area (Å²) in [6, 6.07) is 6.45. The maximum Gasteiger partial charge on any atom is 0.269 e. The second kappa shape index (κ2) is 5.62. The molecule has 0 amide bonds. The van der Waals surface area contributed by atoms with Crippen LogP contribution in [0.3, 0.4) is 0 Å². The van der Waals surface area contributed by atoms with E-state index in [1.165, 1.54) is 12.1 Å². The minimum atomic E-state index is -0.407. The first-order valence-corrected chi connectivity index (χ1v) is 5.95. The molecule has 6 nitrogen and oxygen atoms in total. The molecule has 0 bridgehead atoms. The molecule has 0 aliphatic heterocycles. The maximum atomic E-state index is 10.5. The Morgan fingerprint density at radius 1 is 1.42 bits per heavy atom. The number of nitrogens with zero attached hydrogens (tertiary/aromatic N) is 2. The molecule has 0 radical (unpaired) electrons. The Labute approximate surface area is 110 Å². The molecule has 0 fully saturated rings. The highest BCUT2D eigenvalue weighted by molar-refractivity contribution is 5.32. The fourth-order valence-corrected chi connectivity index (χ4v) is 1.67. The molecule has 1 heterocycles. The monoisotopic (exact) mass is 261 g/mol. The van der Waals surface area contributed by atoms with Gasteiger partial charge in [-0.05, 0) is 19.4 Å². The fourth-order valence-electron chi connectivity index (χ4n) is 1.67. The van der Waals surface area contributed by atoms with Crippen LogP contribution in [0.1, 0.15) is 30.2 Å². The van der Waals surface area contributed by atoms with Gasteiger partial charge in [-0.25, -0.2) is 4.98 Å². The molecule has 1 atom stereocenters. The van der Waals surface area contributed by atoms with Gasteiger partial charge in [-0.2, -0.15) is 0 Å². The molecule has 0 saturated heterocycles. The van der Waals surface area contributed by atoms with Crippen LogP contribution in [0.25, 0.3) is 0 Å². The molecule has 1 N–H and O–H groups in total. The summed E-state index contributed by atoms with van der Waals surface area (Å²) in [7, 11) is 0. The second-order valence-corrected chi connectivity index (χ2v) is 4.34. The number of hydrogen-bond donors (Lipinski definition) is 1. The number of rotatable bonds is 5. The summed E-state index contributed by atoms with van der Waals surface area (Å²) >= 11 is 0. The zero-order valence-electron chi connectivity index (χ0n) is 10.8. The quantitative estimate of drug-likeness (QED) is 0.661. The normalized spacial score (nSPS) is 12.3.